The van der Waals surface area contributed by atoms with Crippen LogP contribution in [0.4, 0.5) is 0 Å². The summed E-state index contributed by atoms with van der Waals surface area (Å²) in [4.78, 5) is 13.5. The molecule has 0 heterocycles. The van der Waals surface area contributed by atoms with Crippen LogP contribution in [0.15, 0.2) is 24.3 Å². The Morgan fingerprint density at radius 2 is 1.80 bits per heavy atom. The van der Waals surface area contributed by atoms with E-state index in [9.17, 15) is 9.90 Å². The van der Waals surface area contributed by atoms with E-state index in [4.69, 9.17) is 9.47 Å². The molecule has 0 aliphatic rings. The number of methoxy groups -OCH3 is 1. The van der Waals surface area contributed by atoms with Crippen molar-refractivity contribution < 1.29 is 19.4 Å². The van der Waals surface area contributed by atoms with E-state index in [-0.39, 0.29) is 18.9 Å². The van der Waals surface area contributed by atoms with Crippen LogP contribution in [0, 0.1) is 0 Å². The summed E-state index contributed by atoms with van der Waals surface area (Å²) >= 11 is 0. The molecule has 0 unspecified atom stereocenters. The monoisotopic (exact) mass is 281 g/mol. The van der Waals surface area contributed by atoms with Crippen LogP contribution in [-0.4, -0.2) is 48.8 Å². The fraction of sp³-hybridized carbons (Fsp3) is 0.533. The van der Waals surface area contributed by atoms with Crippen LogP contribution >= 0.6 is 0 Å². The van der Waals surface area contributed by atoms with Gasteiger partial charge in [0.25, 0.3) is 0 Å². The highest BCUT2D eigenvalue weighted by Gasteiger charge is 2.26. The molecule has 0 aliphatic heterocycles. The van der Waals surface area contributed by atoms with Crippen molar-refractivity contribution >= 4 is 5.91 Å². The number of aliphatic hydroxyl groups excluding tert-OH is 1. The lowest BCUT2D eigenvalue weighted by Crippen LogP contribution is -2.47. The standard InChI is InChI=1S/C15H23NO4/c1-15(2,11-17)16(3)14(18)9-10-20-13-7-5-12(19-4)6-8-13/h5-8,17H,9-11H2,1-4H3. The number of hydrogen-bond acceptors (Lipinski definition) is 4. The summed E-state index contributed by atoms with van der Waals surface area (Å²) in [6.07, 6.45) is 0.270. The molecule has 0 bridgehead atoms. The van der Waals surface area contributed by atoms with E-state index >= 15 is 0 Å². The van der Waals surface area contributed by atoms with Gasteiger partial charge in [0.1, 0.15) is 11.5 Å². The summed E-state index contributed by atoms with van der Waals surface area (Å²) in [6, 6.07) is 7.20. The van der Waals surface area contributed by atoms with Gasteiger partial charge in [-0.1, -0.05) is 0 Å². The predicted octanol–water partition coefficient (Wildman–Crippen LogP) is 1.69. The Labute approximate surface area is 120 Å². The van der Waals surface area contributed by atoms with Crippen molar-refractivity contribution in [3.63, 3.8) is 0 Å². The summed E-state index contributed by atoms with van der Waals surface area (Å²) in [5.74, 6) is 1.40. The van der Waals surface area contributed by atoms with Gasteiger partial charge in [0.2, 0.25) is 5.91 Å². The van der Waals surface area contributed by atoms with Crippen LogP contribution in [0.3, 0.4) is 0 Å². The molecule has 1 N–H and O–H groups in total. The normalized spacial score (nSPS) is 11.1. The fourth-order valence-corrected chi connectivity index (χ4v) is 1.54. The molecule has 0 radical (unpaired) electrons. The lowest BCUT2D eigenvalue weighted by molar-refractivity contribution is -0.136. The van der Waals surface area contributed by atoms with Gasteiger partial charge in [0, 0.05) is 7.05 Å². The second kappa shape index (κ2) is 7.14. The zero-order chi connectivity index (χ0) is 15.2. The highest BCUT2D eigenvalue weighted by atomic mass is 16.5. The highest BCUT2D eigenvalue weighted by Crippen LogP contribution is 2.17. The van der Waals surface area contributed by atoms with E-state index in [2.05, 4.69) is 0 Å². The maximum atomic E-state index is 12.0. The van der Waals surface area contributed by atoms with Crippen molar-refractivity contribution in [3.8, 4) is 11.5 Å². The zero-order valence-electron chi connectivity index (χ0n) is 12.5. The van der Waals surface area contributed by atoms with E-state index in [0.717, 1.165) is 5.75 Å². The Kier molecular flexibility index (Phi) is 5.82. The number of carbonyl (C=O) groups is 1. The first-order valence-corrected chi connectivity index (χ1v) is 6.55. The van der Waals surface area contributed by atoms with Crippen LogP contribution in [0.25, 0.3) is 0 Å². The Hall–Kier alpha value is -1.75. The number of benzene rings is 1. The Balaban J connectivity index is 2.41. The molecule has 0 fully saturated rings. The van der Waals surface area contributed by atoms with Crippen molar-refractivity contribution in [1.29, 1.82) is 0 Å². The fourth-order valence-electron chi connectivity index (χ4n) is 1.54. The topological polar surface area (TPSA) is 59.0 Å². The minimum atomic E-state index is -0.558. The van der Waals surface area contributed by atoms with E-state index < -0.39 is 5.54 Å². The van der Waals surface area contributed by atoms with E-state index in [1.54, 1.807) is 43.3 Å². The molecule has 20 heavy (non-hydrogen) atoms. The number of amides is 1. The molecule has 0 saturated heterocycles. The van der Waals surface area contributed by atoms with Crippen molar-refractivity contribution in [3.05, 3.63) is 24.3 Å². The van der Waals surface area contributed by atoms with Crippen molar-refractivity contribution in [2.75, 3.05) is 27.4 Å². The number of ether oxygens (including phenoxy) is 2. The number of rotatable bonds is 7. The first-order valence-electron chi connectivity index (χ1n) is 6.55. The molecule has 1 rings (SSSR count). The average Bonchev–Trinajstić information content (AvgIpc) is 2.47. The van der Waals surface area contributed by atoms with Gasteiger partial charge in [-0.05, 0) is 38.1 Å². The van der Waals surface area contributed by atoms with Gasteiger partial charge >= 0.3 is 0 Å². The average molecular weight is 281 g/mol. The molecule has 5 heteroatoms. The third kappa shape index (κ3) is 4.42. The quantitative estimate of drug-likeness (QED) is 0.826. The summed E-state index contributed by atoms with van der Waals surface area (Å²) in [6.45, 7) is 3.86. The van der Waals surface area contributed by atoms with E-state index in [0.29, 0.717) is 12.4 Å². The number of aliphatic hydroxyl groups is 1. The van der Waals surface area contributed by atoms with Crippen molar-refractivity contribution in [2.45, 2.75) is 25.8 Å². The van der Waals surface area contributed by atoms with Gasteiger partial charge in [0.05, 0.1) is 32.3 Å². The van der Waals surface area contributed by atoms with Crippen LogP contribution in [0.1, 0.15) is 20.3 Å². The lowest BCUT2D eigenvalue weighted by Gasteiger charge is -2.34. The molecule has 1 amide bonds. The van der Waals surface area contributed by atoms with Gasteiger partial charge in [-0.15, -0.1) is 0 Å². The van der Waals surface area contributed by atoms with Gasteiger partial charge in [-0.3, -0.25) is 4.79 Å². The minimum Gasteiger partial charge on any atom is -0.497 e. The maximum absolute atomic E-state index is 12.0. The predicted molar refractivity (Wildman–Crippen MR) is 77.0 cm³/mol. The summed E-state index contributed by atoms with van der Waals surface area (Å²) in [5.41, 5.74) is -0.558. The number of carbonyl (C=O) groups excluding carboxylic acids is 1. The van der Waals surface area contributed by atoms with Gasteiger partial charge < -0.3 is 19.5 Å². The highest BCUT2D eigenvalue weighted by molar-refractivity contribution is 5.76. The van der Waals surface area contributed by atoms with Gasteiger partial charge in [-0.25, -0.2) is 0 Å². The number of hydrogen-bond donors (Lipinski definition) is 1. The molecule has 5 nitrogen and oxygen atoms in total. The Morgan fingerprint density at radius 3 is 2.30 bits per heavy atom. The summed E-state index contributed by atoms with van der Waals surface area (Å²) in [7, 11) is 3.29. The van der Waals surface area contributed by atoms with Gasteiger partial charge in [0.15, 0.2) is 0 Å². The minimum absolute atomic E-state index is 0.0578. The smallest absolute Gasteiger partial charge is 0.226 e. The lowest BCUT2D eigenvalue weighted by atomic mass is 10.0. The third-order valence-corrected chi connectivity index (χ3v) is 3.31. The molecule has 112 valence electrons. The molecule has 0 spiro atoms. The number of nitrogens with zero attached hydrogens (tertiary/aromatic N) is 1. The van der Waals surface area contributed by atoms with Crippen LogP contribution in [0.5, 0.6) is 11.5 Å². The molecule has 0 aliphatic carbocycles. The Bertz CT molecular complexity index is 428. The molecular weight excluding hydrogens is 258 g/mol. The number of likely N-dealkylation sites (N-methyl/N-ethyl adjacent to an activating group) is 1. The van der Waals surface area contributed by atoms with Crippen molar-refractivity contribution in [2.24, 2.45) is 0 Å². The molecule has 0 aromatic heterocycles. The first kappa shape index (κ1) is 16.3. The van der Waals surface area contributed by atoms with Crippen LogP contribution < -0.4 is 9.47 Å². The SMILES string of the molecule is COc1ccc(OCCC(=O)N(C)C(C)(C)CO)cc1. The Morgan fingerprint density at radius 1 is 1.25 bits per heavy atom. The van der Waals surface area contributed by atoms with E-state index in [1.165, 1.54) is 0 Å². The zero-order valence-corrected chi connectivity index (χ0v) is 12.5. The first-order chi connectivity index (χ1) is 9.40. The largest absolute Gasteiger partial charge is 0.497 e. The molecule has 0 atom stereocenters. The molecule has 0 saturated carbocycles. The summed E-state index contributed by atoms with van der Waals surface area (Å²) < 4.78 is 10.6. The van der Waals surface area contributed by atoms with Gasteiger partial charge in [-0.2, -0.15) is 0 Å². The maximum Gasteiger partial charge on any atom is 0.226 e. The summed E-state index contributed by atoms with van der Waals surface area (Å²) in [5, 5.41) is 9.23. The second-order valence-corrected chi connectivity index (χ2v) is 5.20. The van der Waals surface area contributed by atoms with Crippen LogP contribution in [-0.2, 0) is 4.79 Å². The van der Waals surface area contributed by atoms with Crippen molar-refractivity contribution in [1.82, 2.24) is 4.90 Å². The van der Waals surface area contributed by atoms with Crippen LogP contribution in [0.2, 0.25) is 0 Å². The second-order valence-electron chi connectivity index (χ2n) is 5.20. The van der Waals surface area contributed by atoms with E-state index in [1.807, 2.05) is 13.8 Å². The molecule has 1 aromatic carbocycles. The molecular formula is C15H23NO4. The molecule has 1 aromatic rings. The third-order valence-electron chi connectivity index (χ3n) is 3.31.